The van der Waals surface area contributed by atoms with Gasteiger partial charge in [-0.2, -0.15) is 5.10 Å². The highest BCUT2D eigenvalue weighted by molar-refractivity contribution is 5.79. The zero-order valence-electron chi connectivity index (χ0n) is 9.50. The van der Waals surface area contributed by atoms with Gasteiger partial charge in [-0.3, -0.25) is 0 Å². The fourth-order valence-electron chi connectivity index (χ4n) is 1.93. The van der Waals surface area contributed by atoms with Gasteiger partial charge in [-0.15, -0.1) is 0 Å². The third-order valence-electron chi connectivity index (χ3n) is 2.83. The lowest BCUT2D eigenvalue weighted by Gasteiger charge is -2.02. The van der Waals surface area contributed by atoms with E-state index in [0.717, 1.165) is 22.4 Å². The van der Waals surface area contributed by atoms with E-state index in [9.17, 15) is 0 Å². The Morgan fingerprint density at radius 1 is 1.06 bits per heavy atom. The van der Waals surface area contributed by atoms with E-state index >= 15 is 0 Å². The largest absolute Gasteiger partial charge is 0.497 e. The molecular formula is C14H12N2O. The zero-order valence-corrected chi connectivity index (χ0v) is 9.50. The normalized spacial score (nSPS) is 10.6. The first-order valence-electron chi connectivity index (χ1n) is 5.45. The molecule has 17 heavy (non-hydrogen) atoms. The van der Waals surface area contributed by atoms with Crippen molar-refractivity contribution in [1.82, 2.24) is 9.61 Å². The number of rotatable bonds is 2. The number of hydrogen-bond acceptors (Lipinski definition) is 2. The second kappa shape index (κ2) is 3.94. The minimum absolute atomic E-state index is 0.866. The van der Waals surface area contributed by atoms with Crippen molar-refractivity contribution in [3.8, 4) is 16.9 Å². The van der Waals surface area contributed by atoms with Crippen LogP contribution >= 0.6 is 0 Å². The molecule has 3 heteroatoms. The number of aromatic nitrogens is 2. The Kier molecular flexibility index (Phi) is 2.29. The Balaban J connectivity index is 2.13. The number of benzene rings is 1. The van der Waals surface area contributed by atoms with Crippen LogP contribution in [0.15, 0.2) is 54.9 Å². The van der Waals surface area contributed by atoms with E-state index in [1.54, 1.807) is 7.11 Å². The van der Waals surface area contributed by atoms with Crippen LogP contribution in [0.3, 0.4) is 0 Å². The highest BCUT2D eigenvalue weighted by atomic mass is 16.5. The summed E-state index contributed by atoms with van der Waals surface area (Å²) < 4.78 is 7.03. The Bertz CT molecular complexity index is 641. The number of pyridine rings is 1. The SMILES string of the molecule is COc1ccc(-c2cnn3ccccc23)cc1. The summed E-state index contributed by atoms with van der Waals surface area (Å²) >= 11 is 0. The van der Waals surface area contributed by atoms with Crippen molar-refractivity contribution in [3.63, 3.8) is 0 Å². The van der Waals surface area contributed by atoms with Crippen molar-refractivity contribution in [1.29, 1.82) is 0 Å². The van der Waals surface area contributed by atoms with Crippen molar-refractivity contribution in [2.75, 3.05) is 7.11 Å². The quantitative estimate of drug-likeness (QED) is 0.669. The van der Waals surface area contributed by atoms with E-state index in [-0.39, 0.29) is 0 Å². The minimum atomic E-state index is 0.866. The molecule has 0 aliphatic carbocycles. The Labute approximate surface area is 99.3 Å². The van der Waals surface area contributed by atoms with E-state index in [1.165, 1.54) is 0 Å². The first-order chi connectivity index (χ1) is 8.38. The summed E-state index contributed by atoms with van der Waals surface area (Å²) in [5, 5.41) is 4.32. The predicted octanol–water partition coefficient (Wildman–Crippen LogP) is 3.01. The van der Waals surface area contributed by atoms with Crippen LogP contribution in [0.25, 0.3) is 16.6 Å². The predicted molar refractivity (Wildman–Crippen MR) is 67.2 cm³/mol. The van der Waals surface area contributed by atoms with Crippen LogP contribution in [-0.2, 0) is 0 Å². The maximum Gasteiger partial charge on any atom is 0.118 e. The molecule has 3 nitrogen and oxygen atoms in total. The fourth-order valence-corrected chi connectivity index (χ4v) is 1.93. The van der Waals surface area contributed by atoms with E-state index in [1.807, 2.05) is 53.3 Å². The summed E-state index contributed by atoms with van der Waals surface area (Å²) in [5.74, 6) is 0.866. The standard InChI is InChI=1S/C14H12N2O/c1-17-12-7-5-11(6-8-12)13-10-15-16-9-3-2-4-14(13)16/h2-10H,1H3. The van der Waals surface area contributed by atoms with E-state index in [2.05, 4.69) is 11.2 Å². The lowest BCUT2D eigenvalue weighted by molar-refractivity contribution is 0.415. The van der Waals surface area contributed by atoms with Crippen molar-refractivity contribution in [3.05, 3.63) is 54.9 Å². The molecule has 0 fully saturated rings. The summed E-state index contributed by atoms with van der Waals surface area (Å²) in [7, 11) is 1.67. The summed E-state index contributed by atoms with van der Waals surface area (Å²) in [6.07, 6.45) is 3.83. The second-order valence-corrected chi connectivity index (χ2v) is 3.82. The molecule has 84 valence electrons. The smallest absolute Gasteiger partial charge is 0.118 e. The first kappa shape index (κ1) is 9.90. The molecule has 0 saturated carbocycles. The molecule has 0 aliphatic heterocycles. The summed E-state index contributed by atoms with van der Waals surface area (Å²) in [6, 6.07) is 14.1. The number of fused-ring (bicyclic) bond motifs is 1. The van der Waals surface area contributed by atoms with Crippen LogP contribution in [-0.4, -0.2) is 16.7 Å². The summed E-state index contributed by atoms with van der Waals surface area (Å²) in [6.45, 7) is 0. The van der Waals surface area contributed by atoms with Gasteiger partial charge >= 0.3 is 0 Å². The van der Waals surface area contributed by atoms with Crippen LogP contribution in [0.1, 0.15) is 0 Å². The Morgan fingerprint density at radius 2 is 1.88 bits per heavy atom. The van der Waals surface area contributed by atoms with Gasteiger partial charge in [0, 0.05) is 11.8 Å². The first-order valence-corrected chi connectivity index (χ1v) is 5.45. The van der Waals surface area contributed by atoms with Gasteiger partial charge in [-0.1, -0.05) is 18.2 Å². The van der Waals surface area contributed by atoms with Gasteiger partial charge in [0.15, 0.2) is 0 Å². The van der Waals surface area contributed by atoms with Gasteiger partial charge < -0.3 is 4.74 Å². The van der Waals surface area contributed by atoms with Gasteiger partial charge in [-0.05, 0) is 29.8 Å². The molecule has 2 aromatic heterocycles. The minimum Gasteiger partial charge on any atom is -0.497 e. The molecule has 3 rings (SSSR count). The van der Waals surface area contributed by atoms with Crippen molar-refractivity contribution < 1.29 is 4.74 Å². The van der Waals surface area contributed by atoms with Crippen molar-refractivity contribution >= 4 is 5.52 Å². The second-order valence-electron chi connectivity index (χ2n) is 3.82. The van der Waals surface area contributed by atoms with Gasteiger partial charge in [0.1, 0.15) is 5.75 Å². The number of methoxy groups -OCH3 is 1. The third-order valence-corrected chi connectivity index (χ3v) is 2.83. The number of nitrogens with zero attached hydrogens (tertiary/aromatic N) is 2. The van der Waals surface area contributed by atoms with E-state index < -0.39 is 0 Å². The molecule has 0 saturated heterocycles. The average Bonchev–Trinajstić information content (AvgIpc) is 2.83. The molecule has 0 N–H and O–H groups in total. The Morgan fingerprint density at radius 3 is 2.65 bits per heavy atom. The van der Waals surface area contributed by atoms with Crippen LogP contribution in [0.5, 0.6) is 5.75 Å². The van der Waals surface area contributed by atoms with E-state index in [4.69, 9.17) is 4.74 Å². The molecule has 1 aromatic carbocycles. The molecule has 3 aromatic rings. The van der Waals surface area contributed by atoms with Crippen LogP contribution in [0.2, 0.25) is 0 Å². The topological polar surface area (TPSA) is 26.5 Å². The molecule has 0 radical (unpaired) electrons. The molecule has 2 heterocycles. The highest BCUT2D eigenvalue weighted by Gasteiger charge is 2.05. The molecular weight excluding hydrogens is 212 g/mol. The fraction of sp³-hybridized carbons (Fsp3) is 0.0714. The third kappa shape index (κ3) is 1.65. The molecule has 0 atom stereocenters. The maximum atomic E-state index is 5.15. The highest BCUT2D eigenvalue weighted by Crippen LogP contribution is 2.25. The monoisotopic (exact) mass is 224 g/mol. The van der Waals surface area contributed by atoms with Crippen molar-refractivity contribution in [2.45, 2.75) is 0 Å². The lowest BCUT2D eigenvalue weighted by Crippen LogP contribution is -1.84. The lowest BCUT2D eigenvalue weighted by atomic mass is 10.1. The summed E-state index contributed by atoms with van der Waals surface area (Å²) in [4.78, 5) is 0. The average molecular weight is 224 g/mol. The van der Waals surface area contributed by atoms with Crippen LogP contribution in [0.4, 0.5) is 0 Å². The van der Waals surface area contributed by atoms with Crippen LogP contribution < -0.4 is 4.74 Å². The van der Waals surface area contributed by atoms with E-state index in [0.29, 0.717) is 0 Å². The summed E-state index contributed by atoms with van der Waals surface area (Å²) in [5.41, 5.74) is 3.39. The maximum absolute atomic E-state index is 5.15. The number of ether oxygens (including phenoxy) is 1. The van der Waals surface area contributed by atoms with Gasteiger partial charge in [0.2, 0.25) is 0 Å². The molecule has 0 aliphatic rings. The van der Waals surface area contributed by atoms with Crippen LogP contribution in [0, 0.1) is 0 Å². The number of hydrogen-bond donors (Lipinski definition) is 0. The molecule has 0 amide bonds. The van der Waals surface area contributed by atoms with Gasteiger partial charge in [0.25, 0.3) is 0 Å². The zero-order chi connectivity index (χ0) is 11.7. The Hall–Kier alpha value is -2.29. The molecule has 0 spiro atoms. The van der Waals surface area contributed by atoms with Crippen molar-refractivity contribution in [2.24, 2.45) is 0 Å². The molecule has 0 unspecified atom stereocenters. The van der Waals surface area contributed by atoms with Gasteiger partial charge in [-0.25, -0.2) is 4.52 Å². The van der Waals surface area contributed by atoms with Gasteiger partial charge in [0.05, 0.1) is 18.8 Å². The molecule has 0 bridgehead atoms.